The fraction of sp³-hybridized carbons (Fsp3) is 0.158. The average molecular weight is 346 g/mol. The smallest absolute Gasteiger partial charge is 0.228 e. The van der Waals surface area contributed by atoms with Gasteiger partial charge in [0.25, 0.3) is 0 Å². The molecule has 2 aromatic carbocycles. The van der Waals surface area contributed by atoms with Crippen LogP contribution in [0.25, 0.3) is 16.6 Å². The second-order valence-electron chi connectivity index (χ2n) is 6.02. The van der Waals surface area contributed by atoms with Gasteiger partial charge in [0.15, 0.2) is 0 Å². The van der Waals surface area contributed by atoms with Crippen LogP contribution in [-0.4, -0.2) is 30.7 Å². The van der Waals surface area contributed by atoms with E-state index in [1.54, 1.807) is 4.68 Å². The zero-order chi connectivity index (χ0) is 17.9. The third kappa shape index (κ3) is 3.19. The number of hydrogen-bond acceptors (Lipinski definition) is 4. The molecule has 0 bridgehead atoms. The number of rotatable bonds is 5. The molecule has 1 amide bonds. The largest absolute Gasteiger partial charge is 0.348 e. The molecule has 0 aliphatic rings. The van der Waals surface area contributed by atoms with Crippen molar-refractivity contribution in [2.45, 2.75) is 19.9 Å². The fourth-order valence-corrected chi connectivity index (χ4v) is 2.99. The van der Waals surface area contributed by atoms with E-state index in [0.29, 0.717) is 6.42 Å². The maximum absolute atomic E-state index is 12.3. The molecule has 130 valence electrons. The van der Waals surface area contributed by atoms with Crippen molar-refractivity contribution in [3.05, 3.63) is 66.6 Å². The van der Waals surface area contributed by atoms with Crippen LogP contribution in [0, 0.1) is 0 Å². The Morgan fingerprint density at radius 1 is 1.12 bits per heavy atom. The summed E-state index contributed by atoms with van der Waals surface area (Å²) in [6.45, 7) is 3.04. The van der Waals surface area contributed by atoms with Crippen molar-refractivity contribution in [2.75, 3.05) is 5.32 Å². The van der Waals surface area contributed by atoms with E-state index in [1.807, 2.05) is 42.5 Å². The number of amides is 1. The molecular weight excluding hydrogens is 328 g/mol. The number of aryl methyl sites for hydroxylation is 1. The van der Waals surface area contributed by atoms with E-state index >= 15 is 0 Å². The van der Waals surface area contributed by atoms with E-state index in [4.69, 9.17) is 0 Å². The number of benzene rings is 2. The molecule has 0 spiro atoms. The zero-order valence-corrected chi connectivity index (χ0v) is 14.3. The number of fused-ring (bicyclic) bond motifs is 1. The van der Waals surface area contributed by atoms with Gasteiger partial charge in [-0.2, -0.15) is 0 Å². The summed E-state index contributed by atoms with van der Waals surface area (Å²) in [5.74, 6) is -0.0468. The number of nitrogens with one attached hydrogen (secondary N) is 1. The van der Waals surface area contributed by atoms with Gasteiger partial charge in [-0.25, -0.2) is 4.68 Å². The Balaban J connectivity index is 1.43. The summed E-state index contributed by atoms with van der Waals surface area (Å²) in [4.78, 5) is 12.3. The van der Waals surface area contributed by atoms with Gasteiger partial charge in [-0.05, 0) is 59.3 Å². The number of anilines is 1. The maximum Gasteiger partial charge on any atom is 0.228 e. The number of tetrazole rings is 1. The molecule has 0 atom stereocenters. The van der Waals surface area contributed by atoms with Gasteiger partial charge in [-0.15, -0.1) is 5.10 Å². The highest BCUT2D eigenvalue weighted by atomic mass is 16.1. The lowest BCUT2D eigenvalue weighted by atomic mass is 10.1. The summed E-state index contributed by atoms with van der Waals surface area (Å²) in [6.07, 6.45) is 3.90. The third-order valence-electron chi connectivity index (χ3n) is 4.31. The molecule has 0 aliphatic carbocycles. The molecule has 0 aliphatic heterocycles. The predicted molar refractivity (Wildman–Crippen MR) is 99.1 cm³/mol. The van der Waals surface area contributed by atoms with E-state index in [-0.39, 0.29) is 5.91 Å². The average Bonchev–Trinajstić information content (AvgIpc) is 3.31. The van der Waals surface area contributed by atoms with Gasteiger partial charge in [0.05, 0.1) is 12.1 Å². The molecule has 1 N–H and O–H groups in total. The van der Waals surface area contributed by atoms with Crippen molar-refractivity contribution < 1.29 is 4.79 Å². The summed E-state index contributed by atoms with van der Waals surface area (Å²) in [5.41, 5.74) is 3.76. The molecule has 7 heteroatoms. The van der Waals surface area contributed by atoms with Crippen molar-refractivity contribution in [2.24, 2.45) is 0 Å². The van der Waals surface area contributed by atoms with E-state index in [2.05, 4.69) is 44.6 Å². The van der Waals surface area contributed by atoms with Crippen LogP contribution in [0.3, 0.4) is 0 Å². The van der Waals surface area contributed by atoms with Gasteiger partial charge in [0.2, 0.25) is 5.91 Å². The van der Waals surface area contributed by atoms with E-state index < -0.39 is 0 Å². The molecule has 2 aromatic heterocycles. The second-order valence-corrected chi connectivity index (χ2v) is 6.02. The molecule has 7 nitrogen and oxygen atoms in total. The molecule has 4 rings (SSSR count). The lowest BCUT2D eigenvalue weighted by Gasteiger charge is -2.07. The van der Waals surface area contributed by atoms with Gasteiger partial charge < -0.3 is 9.88 Å². The minimum Gasteiger partial charge on any atom is -0.348 e. The molecule has 0 unspecified atom stereocenters. The number of nitrogens with zero attached hydrogens (tertiary/aromatic N) is 5. The lowest BCUT2D eigenvalue weighted by molar-refractivity contribution is -0.115. The van der Waals surface area contributed by atoms with E-state index in [9.17, 15) is 4.79 Å². The van der Waals surface area contributed by atoms with Gasteiger partial charge >= 0.3 is 0 Å². The molecule has 0 saturated carbocycles. The summed E-state index contributed by atoms with van der Waals surface area (Å²) in [7, 11) is 0. The highest BCUT2D eigenvalue weighted by Gasteiger charge is 2.07. The first-order valence-corrected chi connectivity index (χ1v) is 8.44. The number of carbonyl (C=O) groups excluding carboxylic acids is 1. The van der Waals surface area contributed by atoms with Crippen molar-refractivity contribution in [3.8, 4) is 5.69 Å². The number of carbonyl (C=O) groups is 1. The lowest BCUT2D eigenvalue weighted by Crippen LogP contribution is -2.14. The van der Waals surface area contributed by atoms with Gasteiger partial charge in [0.1, 0.15) is 6.33 Å². The fourth-order valence-electron chi connectivity index (χ4n) is 2.99. The Morgan fingerprint density at radius 3 is 2.69 bits per heavy atom. The van der Waals surface area contributed by atoms with Crippen molar-refractivity contribution in [1.29, 1.82) is 0 Å². The molecule has 0 fully saturated rings. The molecule has 2 heterocycles. The molecule has 4 aromatic rings. The highest BCUT2D eigenvalue weighted by molar-refractivity contribution is 5.95. The second kappa shape index (κ2) is 6.79. The Hall–Kier alpha value is -3.48. The Morgan fingerprint density at radius 2 is 1.96 bits per heavy atom. The van der Waals surface area contributed by atoms with Crippen LogP contribution in [0.5, 0.6) is 0 Å². The van der Waals surface area contributed by atoms with Crippen molar-refractivity contribution in [1.82, 2.24) is 24.8 Å². The minimum atomic E-state index is -0.0468. The maximum atomic E-state index is 12.3. The number of aromatic nitrogens is 5. The summed E-state index contributed by atoms with van der Waals surface area (Å²) >= 11 is 0. The van der Waals surface area contributed by atoms with Crippen LogP contribution in [-0.2, 0) is 17.8 Å². The van der Waals surface area contributed by atoms with Crippen LogP contribution in [0.15, 0.2) is 61.1 Å². The highest BCUT2D eigenvalue weighted by Crippen LogP contribution is 2.21. The van der Waals surface area contributed by atoms with Crippen molar-refractivity contribution in [3.63, 3.8) is 0 Å². The summed E-state index contributed by atoms with van der Waals surface area (Å²) in [6, 6.07) is 15.6. The topological polar surface area (TPSA) is 77.6 Å². The SMILES string of the molecule is CCn1ccc2cc(NC(=O)Cc3ccc(-n4cnnn4)cc3)ccc21. The van der Waals surface area contributed by atoms with E-state index in [0.717, 1.165) is 28.9 Å². The molecule has 0 saturated heterocycles. The quantitative estimate of drug-likeness (QED) is 0.603. The Kier molecular flexibility index (Phi) is 4.18. The van der Waals surface area contributed by atoms with E-state index in [1.165, 1.54) is 11.8 Å². The first kappa shape index (κ1) is 16.0. The van der Waals surface area contributed by atoms with Crippen LogP contribution in [0.2, 0.25) is 0 Å². The van der Waals surface area contributed by atoms with Crippen LogP contribution in [0.1, 0.15) is 12.5 Å². The van der Waals surface area contributed by atoms with Gasteiger partial charge in [-0.1, -0.05) is 12.1 Å². The Bertz CT molecular complexity index is 1030. The molecule has 26 heavy (non-hydrogen) atoms. The third-order valence-corrected chi connectivity index (χ3v) is 4.31. The normalized spacial score (nSPS) is 11.0. The minimum absolute atomic E-state index is 0.0468. The first-order valence-electron chi connectivity index (χ1n) is 8.44. The standard InChI is InChI=1S/C19H18N6O/c1-2-24-10-9-15-12-16(5-8-18(15)24)21-19(26)11-14-3-6-17(7-4-14)25-13-20-22-23-25/h3-10,12-13H,2,11H2,1H3,(H,21,26). The first-order chi connectivity index (χ1) is 12.7. The monoisotopic (exact) mass is 346 g/mol. The van der Waals surface area contributed by atoms with Crippen molar-refractivity contribution >= 4 is 22.5 Å². The summed E-state index contributed by atoms with van der Waals surface area (Å²) < 4.78 is 3.74. The molecular formula is C19H18N6O. The van der Waals surface area contributed by atoms with Crippen LogP contribution < -0.4 is 5.32 Å². The zero-order valence-electron chi connectivity index (χ0n) is 14.3. The predicted octanol–water partition coefficient (Wildman–Crippen LogP) is 2.82. The molecule has 0 radical (unpaired) electrons. The van der Waals surface area contributed by atoms with Crippen LogP contribution >= 0.6 is 0 Å². The van der Waals surface area contributed by atoms with Gasteiger partial charge in [0, 0.05) is 29.3 Å². The summed E-state index contributed by atoms with van der Waals surface area (Å²) in [5, 5.41) is 15.2. The number of hydrogen-bond donors (Lipinski definition) is 1. The Labute approximate surface area is 150 Å². The van der Waals surface area contributed by atoms with Gasteiger partial charge in [-0.3, -0.25) is 4.79 Å². The van der Waals surface area contributed by atoms with Crippen LogP contribution in [0.4, 0.5) is 5.69 Å².